The maximum absolute atomic E-state index is 13.6. The molecule has 0 radical (unpaired) electrons. The summed E-state index contributed by atoms with van der Waals surface area (Å²) < 4.78 is 27.5. The van der Waals surface area contributed by atoms with Crippen molar-refractivity contribution in [1.82, 2.24) is 4.98 Å². The molecule has 5 heteroatoms. The summed E-state index contributed by atoms with van der Waals surface area (Å²) in [6.07, 6.45) is 1.55. The summed E-state index contributed by atoms with van der Waals surface area (Å²) in [5.41, 5.74) is 0.673. The van der Waals surface area contributed by atoms with E-state index in [1.54, 1.807) is 18.3 Å². The fourth-order valence-electron chi connectivity index (χ4n) is 1.64. The van der Waals surface area contributed by atoms with Gasteiger partial charge in [0.15, 0.2) is 5.78 Å². The molecular formula is C14H10BrF2NO. The number of halogens is 3. The van der Waals surface area contributed by atoms with Crippen LogP contribution in [0.25, 0.3) is 0 Å². The van der Waals surface area contributed by atoms with Gasteiger partial charge in [0, 0.05) is 22.4 Å². The lowest BCUT2D eigenvalue weighted by Gasteiger charge is -2.05. The van der Waals surface area contributed by atoms with Crippen molar-refractivity contribution in [2.75, 3.05) is 0 Å². The summed E-state index contributed by atoms with van der Waals surface area (Å²) in [4.78, 5) is 16.0. The van der Waals surface area contributed by atoms with Crippen LogP contribution in [0.15, 0.2) is 34.9 Å². The summed E-state index contributed by atoms with van der Waals surface area (Å²) >= 11 is 3.24. The van der Waals surface area contributed by atoms with Crippen LogP contribution in [-0.4, -0.2) is 10.8 Å². The average molecular weight is 326 g/mol. The molecule has 1 aromatic heterocycles. The second-order valence-corrected chi connectivity index (χ2v) is 5.06. The first-order valence-electron chi connectivity index (χ1n) is 5.56. The molecule has 0 aliphatic carbocycles. The van der Waals surface area contributed by atoms with Crippen molar-refractivity contribution < 1.29 is 13.6 Å². The Hall–Kier alpha value is -1.62. The molecular weight excluding hydrogens is 316 g/mol. The van der Waals surface area contributed by atoms with Gasteiger partial charge in [-0.1, -0.05) is 0 Å². The number of pyridine rings is 1. The predicted molar refractivity (Wildman–Crippen MR) is 71.1 cm³/mol. The number of rotatable bonds is 3. The van der Waals surface area contributed by atoms with Crippen LogP contribution in [0.5, 0.6) is 0 Å². The molecule has 0 saturated carbocycles. The Bertz CT molecular complexity index is 626. The third kappa shape index (κ3) is 3.23. The van der Waals surface area contributed by atoms with E-state index in [9.17, 15) is 13.6 Å². The summed E-state index contributed by atoms with van der Waals surface area (Å²) in [7, 11) is 0. The van der Waals surface area contributed by atoms with Gasteiger partial charge in [-0.3, -0.25) is 9.78 Å². The predicted octanol–water partition coefficient (Wildman–Crippen LogP) is 3.86. The third-order valence-electron chi connectivity index (χ3n) is 2.68. The highest BCUT2D eigenvalue weighted by atomic mass is 79.9. The number of hydrogen-bond acceptors (Lipinski definition) is 2. The molecule has 1 aromatic carbocycles. The van der Waals surface area contributed by atoms with Crippen LogP contribution < -0.4 is 0 Å². The Kier molecular flexibility index (Phi) is 4.04. The second-order valence-electron chi connectivity index (χ2n) is 4.15. The zero-order valence-corrected chi connectivity index (χ0v) is 11.7. The maximum atomic E-state index is 13.6. The molecule has 0 amide bonds. The van der Waals surface area contributed by atoms with E-state index in [1.807, 2.05) is 0 Å². The lowest BCUT2D eigenvalue weighted by Crippen LogP contribution is -2.08. The molecule has 2 nitrogen and oxygen atoms in total. The molecule has 1 heterocycles. The van der Waals surface area contributed by atoms with E-state index in [0.717, 1.165) is 10.5 Å². The highest BCUT2D eigenvalue weighted by molar-refractivity contribution is 9.10. The maximum Gasteiger partial charge on any atom is 0.171 e. The van der Waals surface area contributed by atoms with Crippen LogP contribution in [0.3, 0.4) is 0 Å². The largest absolute Gasteiger partial charge is 0.294 e. The molecule has 0 N–H and O–H groups in total. The molecule has 0 aliphatic heterocycles. The number of hydrogen-bond donors (Lipinski definition) is 0. The number of Topliss-reactive ketones (excluding diaryl/α,β-unsaturated/α-hetero) is 1. The van der Waals surface area contributed by atoms with Gasteiger partial charge >= 0.3 is 0 Å². The lowest BCUT2D eigenvalue weighted by atomic mass is 10.0. The molecule has 0 unspecified atom stereocenters. The first kappa shape index (κ1) is 13.8. The van der Waals surface area contributed by atoms with Gasteiger partial charge in [-0.15, -0.1) is 0 Å². The van der Waals surface area contributed by atoms with Crippen LogP contribution >= 0.6 is 15.9 Å². The monoisotopic (exact) mass is 325 g/mol. The Labute approximate surface area is 117 Å². The van der Waals surface area contributed by atoms with Crippen LogP contribution in [0.1, 0.15) is 21.6 Å². The van der Waals surface area contributed by atoms with Gasteiger partial charge in [0.05, 0.1) is 12.0 Å². The second kappa shape index (κ2) is 5.57. The average Bonchev–Trinajstić information content (AvgIpc) is 2.36. The van der Waals surface area contributed by atoms with Gasteiger partial charge in [-0.25, -0.2) is 8.78 Å². The molecule has 2 rings (SSSR count). The first-order valence-corrected chi connectivity index (χ1v) is 6.36. The summed E-state index contributed by atoms with van der Waals surface area (Å²) in [6.45, 7) is 1.49. The quantitative estimate of drug-likeness (QED) is 0.802. The van der Waals surface area contributed by atoms with E-state index in [2.05, 4.69) is 20.9 Å². The van der Waals surface area contributed by atoms with Crippen LogP contribution in [-0.2, 0) is 6.42 Å². The van der Waals surface area contributed by atoms with Crippen molar-refractivity contribution >= 4 is 21.7 Å². The molecule has 98 valence electrons. The third-order valence-corrected chi connectivity index (χ3v) is 3.15. The Morgan fingerprint density at radius 3 is 2.63 bits per heavy atom. The number of aryl methyl sites for hydroxylation is 1. The van der Waals surface area contributed by atoms with Crippen molar-refractivity contribution in [1.29, 1.82) is 0 Å². The van der Waals surface area contributed by atoms with Gasteiger partial charge in [-0.05, 0) is 46.6 Å². The fraction of sp³-hybridized carbons (Fsp3) is 0.143. The molecule has 0 fully saturated rings. The minimum absolute atomic E-state index is 0.0186. The van der Waals surface area contributed by atoms with Gasteiger partial charge < -0.3 is 0 Å². The number of ketones is 1. The number of carbonyl (C=O) groups excluding carboxylic acids is 1. The van der Waals surface area contributed by atoms with Crippen LogP contribution in [0.2, 0.25) is 0 Å². The zero-order chi connectivity index (χ0) is 14.0. The molecule has 0 atom stereocenters. The van der Waals surface area contributed by atoms with Gasteiger partial charge in [0.25, 0.3) is 0 Å². The Morgan fingerprint density at radius 2 is 2.00 bits per heavy atom. The number of carbonyl (C=O) groups is 1. The topological polar surface area (TPSA) is 30.0 Å². The van der Waals surface area contributed by atoms with Gasteiger partial charge in [0.2, 0.25) is 0 Å². The van der Waals surface area contributed by atoms with E-state index >= 15 is 0 Å². The van der Waals surface area contributed by atoms with E-state index in [1.165, 1.54) is 13.0 Å². The molecule has 2 aromatic rings. The number of benzene rings is 1. The summed E-state index contributed by atoms with van der Waals surface area (Å²) in [5, 5.41) is 0. The molecule has 19 heavy (non-hydrogen) atoms. The standard InChI is InChI=1S/C14H10BrF2NO/c1-8-4-11(13(17)6-12(8)16)14(19)5-10-3-2-9(15)7-18-10/h2-4,6-7H,5H2,1H3. The Balaban J connectivity index is 2.25. The van der Waals surface area contributed by atoms with E-state index in [4.69, 9.17) is 0 Å². The molecule has 0 aliphatic rings. The van der Waals surface area contributed by atoms with Crippen molar-refractivity contribution in [3.05, 3.63) is 63.4 Å². The van der Waals surface area contributed by atoms with Gasteiger partial charge in [0.1, 0.15) is 11.6 Å². The molecule has 0 saturated heterocycles. The van der Waals surface area contributed by atoms with E-state index in [-0.39, 0.29) is 17.5 Å². The lowest BCUT2D eigenvalue weighted by molar-refractivity contribution is 0.0988. The minimum atomic E-state index is -0.842. The minimum Gasteiger partial charge on any atom is -0.294 e. The van der Waals surface area contributed by atoms with Gasteiger partial charge in [-0.2, -0.15) is 0 Å². The van der Waals surface area contributed by atoms with Crippen LogP contribution in [0, 0.1) is 18.6 Å². The van der Waals surface area contributed by atoms with Crippen molar-refractivity contribution in [3.8, 4) is 0 Å². The number of nitrogens with zero attached hydrogens (tertiary/aromatic N) is 1. The summed E-state index contributed by atoms with van der Waals surface area (Å²) in [6, 6.07) is 5.39. The molecule has 0 bridgehead atoms. The number of aromatic nitrogens is 1. The Morgan fingerprint density at radius 1 is 1.26 bits per heavy atom. The normalized spacial score (nSPS) is 10.5. The van der Waals surface area contributed by atoms with Crippen LogP contribution in [0.4, 0.5) is 8.78 Å². The van der Waals surface area contributed by atoms with Crippen molar-refractivity contribution in [2.45, 2.75) is 13.3 Å². The SMILES string of the molecule is Cc1cc(C(=O)Cc2ccc(Br)cn2)c(F)cc1F. The van der Waals surface area contributed by atoms with Crippen molar-refractivity contribution in [2.24, 2.45) is 0 Å². The fourth-order valence-corrected chi connectivity index (χ4v) is 1.88. The smallest absolute Gasteiger partial charge is 0.171 e. The zero-order valence-electron chi connectivity index (χ0n) is 10.1. The van der Waals surface area contributed by atoms with Crippen molar-refractivity contribution in [3.63, 3.8) is 0 Å². The molecule has 0 spiro atoms. The van der Waals surface area contributed by atoms with E-state index < -0.39 is 17.4 Å². The summed E-state index contributed by atoms with van der Waals surface area (Å²) in [5.74, 6) is -1.92. The highest BCUT2D eigenvalue weighted by Crippen LogP contribution is 2.16. The first-order chi connectivity index (χ1) is 8.97. The van der Waals surface area contributed by atoms with E-state index in [0.29, 0.717) is 5.69 Å². The highest BCUT2D eigenvalue weighted by Gasteiger charge is 2.15.